The number of ether oxygens (including phenoxy) is 3. The molecule has 88 valence electrons. The van der Waals surface area contributed by atoms with Gasteiger partial charge in [0.1, 0.15) is 17.9 Å². The van der Waals surface area contributed by atoms with E-state index in [2.05, 4.69) is 0 Å². The van der Waals surface area contributed by atoms with Crippen LogP contribution in [0.4, 0.5) is 0 Å². The molecule has 16 heavy (non-hydrogen) atoms. The van der Waals surface area contributed by atoms with Crippen LogP contribution >= 0.6 is 0 Å². The van der Waals surface area contributed by atoms with Crippen LogP contribution in [0.25, 0.3) is 0 Å². The van der Waals surface area contributed by atoms with E-state index in [1.54, 1.807) is 13.2 Å². The van der Waals surface area contributed by atoms with Crippen LogP contribution in [-0.2, 0) is 9.47 Å². The van der Waals surface area contributed by atoms with Gasteiger partial charge in [0.2, 0.25) is 0 Å². The molecule has 0 fully saturated rings. The summed E-state index contributed by atoms with van der Waals surface area (Å²) in [5.74, 6) is 0.148. The number of benzene rings is 1. The Morgan fingerprint density at radius 3 is 2.62 bits per heavy atom. The molecule has 0 atom stereocenters. The molecule has 0 heterocycles. The molecule has 0 aliphatic rings. The third kappa shape index (κ3) is 2.97. The zero-order valence-electron chi connectivity index (χ0n) is 9.78. The smallest absolute Gasteiger partial charge is 0.342 e. The van der Waals surface area contributed by atoms with Gasteiger partial charge in [0, 0.05) is 7.11 Å². The van der Waals surface area contributed by atoms with Crippen LogP contribution in [0.5, 0.6) is 5.75 Å². The van der Waals surface area contributed by atoms with E-state index in [0.29, 0.717) is 17.9 Å². The SMILES string of the molecule is COCCOC(=O)c1c(C)cccc1OC. The van der Waals surface area contributed by atoms with Gasteiger partial charge < -0.3 is 14.2 Å². The van der Waals surface area contributed by atoms with E-state index >= 15 is 0 Å². The summed E-state index contributed by atoms with van der Waals surface area (Å²) in [6.07, 6.45) is 0. The molecule has 0 aliphatic carbocycles. The van der Waals surface area contributed by atoms with Crippen molar-refractivity contribution in [3.63, 3.8) is 0 Å². The van der Waals surface area contributed by atoms with E-state index in [1.807, 2.05) is 19.1 Å². The van der Waals surface area contributed by atoms with Crippen LogP contribution < -0.4 is 4.74 Å². The van der Waals surface area contributed by atoms with E-state index in [4.69, 9.17) is 14.2 Å². The number of aryl methyl sites for hydroxylation is 1. The summed E-state index contributed by atoms with van der Waals surface area (Å²) in [5.41, 5.74) is 1.31. The molecule has 0 aromatic heterocycles. The molecule has 0 aliphatic heterocycles. The summed E-state index contributed by atoms with van der Waals surface area (Å²) < 4.78 is 15.0. The average Bonchev–Trinajstić information content (AvgIpc) is 2.28. The second-order valence-corrected chi connectivity index (χ2v) is 3.28. The van der Waals surface area contributed by atoms with E-state index < -0.39 is 0 Å². The summed E-state index contributed by atoms with van der Waals surface area (Å²) >= 11 is 0. The van der Waals surface area contributed by atoms with E-state index in [1.165, 1.54) is 7.11 Å². The van der Waals surface area contributed by atoms with E-state index in [9.17, 15) is 4.79 Å². The summed E-state index contributed by atoms with van der Waals surface area (Å²) in [7, 11) is 3.09. The lowest BCUT2D eigenvalue weighted by molar-refractivity contribution is 0.0384. The fourth-order valence-corrected chi connectivity index (χ4v) is 1.36. The maximum absolute atomic E-state index is 11.8. The van der Waals surface area contributed by atoms with Gasteiger partial charge in [0.05, 0.1) is 13.7 Å². The van der Waals surface area contributed by atoms with E-state index in [-0.39, 0.29) is 12.6 Å². The second-order valence-electron chi connectivity index (χ2n) is 3.28. The molecule has 0 bridgehead atoms. The largest absolute Gasteiger partial charge is 0.496 e. The Morgan fingerprint density at radius 1 is 1.25 bits per heavy atom. The molecule has 4 nitrogen and oxygen atoms in total. The van der Waals surface area contributed by atoms with Crippen molar-refractivity contribution >= 4 is 5.97 Å². The molecule has 1 aromatic rings. The van der Waals surface area contributed by atoms with Crippen LogP contribution in [0.3, 0.4) is 0 Å². The standard InChI is InChI=1S/C12H16O4/c1-9-5-4-6-10(15-3)11(9)12(13)16-8-7-14-2/h4-6H,7-8H2,1-3H3. The van der Waals surface area contributed by atoms with E-state index in [0.717, 1.165) is 5.56 Å². The monoisotopic (exact) mass is 224 g/mol. The first-order valence-electron chi connectivity index (χ1n) is 5.00. The van der Waals surface area contributed by atoms with Crippen molar-refractivity contribution in [1.29, 1.82) is 0 Å². The number of methoxy groups -OCH3 is 2. The zero-order chi connectivity index (χ0) is 12.0. The Morgan fingerprint density at radius 2 is 2.00 bits per heavy atom. The highest BCUT2D eigenvalue weighted by Gasteiger charge is 2.15. The summed E-state index contributed by atoms with van der Waals surface area (Å²) in [4.78, 5) is 11.8. The van der Waals surface area contributed by atoms with Crippen molar-refractivity contribution in [2.75, 3.05) is 27.4 Å². The molecular weight excluding hydrogens is 208 g/mol. The predicted octanol–water partition coefficient (Wildman–Crippen LogP) is 1.81. The number of hydrogen-bond acceptors (Lipinski definition) is 4. The zero-order valence-corrected chi connectivity index (χ0v) is 9.78. The van der Waals surface area contributed by atoms with Gasteiger partial charge in [-0.3, -0.25) is 0 Å². The first-order valence-corrected chi connectivity index (χ1v) is 5.00. The minimum Gasteiger partial charge on any atom is -0.496 e. The van der Waals surface area contributed by atoms with Gasteiger partial charge in [0.25, 0.3) is 0 Å². The fraction of sp³-hybridized carbons (Fsp3) is 0.417. The average molecular weight is 224 g/mol. The lowest BCUT2D eigenvalue weighted by Gasteiger charge is -2.10. The topological polar surface area (TPSA) is 44.8 Å². The third-order valence-electron chi connectivity index (χ3n) is 2.18. The van der Waals surface area contributed by atoms with Gasteiger partial charge >= 0.3 is 5.97 Å². The summed E-state index contributed by atoms with van der Waals surface area (Å²) in [5, 5.41) is 0. The van der Waals surface area contributed by atoms with Gasteiger partial charge in [-0.2, -0.15) is 0 Å². The molecule has 0 amide bonds. The van der Waals surface area contributed by atoms with Crippen LogP contribution in [-0.4, -0.2) is 33.4 Å². The normalized spacial score (nSPS) is 9.94. The number of hydrogen-bond donors (Lipinski definition) is 0. The summed E-state index contributed by atoms with van der Waals surface area (Å²) in [6.45, 7) is 2.47. The highest BCUT2D eigenvalue weighted by atomic mass is 16.6. The highest BCUT2D eigenvalue weighted by molar-refractivity contribution is 5.94. The maximum atomic E-state index is 11.8. The fourth-order valence-electron chi connectivity index (χ4n) is 1.36. The number of carbonyl (C=O) groups is 1. The second kappa shape index (κ2) is 6.12. The minimum absolute atomic E-state index is 0.243. The number of rotatable bonds is 5. The first-order chi connectivity index (χ1) is 7.70. The summed E-state index contributed by atoms with van der Waals surface area (Å²) in [6, 6.07) is 5.41. The first kappa shape index (κ1) is 12.5. The molecule has 0 unspecified atom stereocenters. The van der Waals surface area contributed by atoms with Gasteiger partial charge in [-0.05, 0) is 18.6 Å². The molecule has 0 saturated heterocycles. The van der Waals surface area contributed by atoms with Crippen LogP contribution in [0.2, 0.25) is 0 Å². The Labute approximate surface area is 95.1 Å². The van der Waals surface area contributed by atoms with Crippen molar-refractivity contribution in [2.24, 2.45) is 0 Å². The maximum Gasteiger partial charge on any atom is 0.342 e. The third-order valence-corrected chi connectivity index (χ3v) is 2.18. The highest BCUT2D eigenvalue weighted by Crippen LogP contribution is 2.22. The molecule has 0 N–H and O–H groups in total. The van der Waals surface area contributed by atoms with Crippen molar-refractivity contribution < 1.29 is 19.0 Å². The predicted molar refractivity (Wildman–Crippen MR) is 59.9 cm³/mol. The number of esters is 1. The molecule has 0 saturated carbocycles. The molecule has 0 spiro atoms. The Balaban J connectivity index is 2.81. The lowest BCUT2D eigenvalue weighted by atomic mass is 10.1. The van der Waals surface area contributed by atoms with Crippen molar-refractivity contribution in [3.05, 3.63) is 29.3 Å². The molecule has 1 rings (SSSR count). The van der Waals surface area contributed by atoms with Gasteiger partial charge in [0.15, 0.2) is 0 Å². The lowest BCUT2D eigenvalue weighted by Crippen LogP contribution is -2.12. The van der Waals surface area contributed by atoms with Crippen LogP contribution in [0, 0.1) is 6.92 Å². The van der Waals surface area contributed by atoms with Crippen molar-refractivity contribution in [3.8, 4) is 5.75 Å². The Bertz CT molecular complexity index is 360. The molecule has 4 heteroatoms. The Hall–Kier alpha value is -1.55. The Kier molecular flexibility index (Phi) is 4.79. The molecule has 1 aromatic carbocycles. The molecule has 0 radical (unpaired) electrons. The van der Waals surface area contributed by atoms with Crippen LogP contribution in [0.15, 0.2) is 18.2 Å². The molecular formula is C12H16O4. The van der Waals surface area contributed by atoms with Gasteiger partial charge in [-0.15, -0.1) is 0 Å². The van der Waals surface area contributed by atoms with Crippen molar-refractivity contribution in [1.82, 2.24) is 0 Å². The quantitative estimate of drug-likeness (QED) is 0.565. The number of carbonyl (C=O) groups excluding carboxylic acids is 1. The van der Waals surface area contributed by atoms with Crippen LogP contribution in [0.1, 0.15) is 15.9 Å². The van der Waals surface area contributed by atoms with Gasteiger partial charge in [-0.1, -0.05) is 12.1 Å². The van der Waals surface area contributed by atoms with Gasteiger partial charge in [-0.25, -0.2) is 4.79 Å². The minimum atomic E-state index is -0.382. The van der Waals surface area contributed by atoms with Crippen molar-refractivity contribution in [2.45, 2.75) is 6.92 Å².